The molecular weight excluding hydrogens is 428 g/mol. The number of rotatable bonds is 6. The van der Waals surface area contributed by atoms with Gasteiger partial charge in [-0.05, 0) is 23.3 Å². The molecule has 9 heteroatoms. The molecule has 0 unspecified atom stereocenters. The lowest BCUT2D eigenvalue weighted by Crippen LogP contribution is -2.14. The van der Waals surface area contributed by atoms with Gasteiger partial charge in [-0.1, -0.05) is 66.4 Å². The first-order valence-electron chi connectivity index (χ1n) is 9.47. The van der Waals surface area contributed by atoms with Crippen molar-refractivity contribution in [2.45, 2.75) is 5.16 Å². The number of aromatic nitrogens is 5. The number of hydrogen-bond acceptors (Lipinski definition) is 7. The summed E-state index contributed by atoms with van der Waals surface area (Å²) in [5.74, 6) is 0.0438. The van der Waals surface area contributed by atoms with E-state index in [-0.39, 0.29) is 11.7 Å². The average molecular weight is 445 g/mol. The Hall–Kier alpha value is -3.56. The molecule has 0 bridgehead atoms. The van der Waals surface area contributed by atoms with Crippen LogP contribution >= 0.6 is 23.1 Å². The molecule has 0 aliphatic rings. The average Bonchev–Trinajstić information content (AvgIpc) is 3.48. The van der Waals surface area contributed by atoms with Crippen molar-refractivity contribution in [2.24, 2.45) is 0 Å². The van der Waals surface area contributed by atoms with Gasteiger partial charge in [-0.3, -0.25) is 4.79 Å². The molecule has 152 valence electrons. The van der Waals surface area contributed by atoms with Crippen LogP contribution in [-0.4, -0.2) is 36.5 Å². The van der Waals surface area contributed by atoms with Crippen molar-refractivity contribution in [3.8, 4) is 22.4 Å². The van der Waals surface area contributed by atoms with Crippen LogP contribution in [0.2, 0.25) is 0 Å². The Morgan fingerprint density at radius 2 is 1.71 bits per heavy atom. The highest BCUT2D eigenvalue weighted by Crippen LogP contribution is 2.25. The van der Waals surface area contributed by atoms with Crippen molar-refractivity contribution in [1.82, 2.24) is 24.8 Å². The fourth-order valence-corrected chi connectivity index (χ4v) is 4.28. The lowest BCUT2D eigenvalue weighted by molar-refractivity contribution is -0.113. The van der Waals surface area contributed by atoms with Crippen molar-refractivity contribution < 1.29 is 4.79 Å². The molecule has 3 aromatic heterocycles. The highest BCUT2D eigenvalue weighted by molar-refractivity contribution is 7.99. The minimum absolute atomic E-state index is 0.149. The monoisotopic (exact) mass is 444 g/mol. The summed E-state index contributed by atoms with van der Waals surface area (Å²) < 4.78 is 1.67. The van der Waals surface area contributed by atoms with E-state index in [1.54, 1.807) is 10.7 Å². The first-order chi connectivity index (χ1) is 15.3. The van der Waals surface area contributed by atoms with Gasteiger partial charge in [-0.15, -0.1) is 21.5 Å². The molecule has 0 radical (unpaired) electrons. The van der Waals surface area contributed by atoms with E-state index < -0.39 is 0 Å². The van der Waals surface area contributed by atoms with Crippen LogP contribution < -0.4 is 5.32 Å². The third kappa shape index (κ3) is 4.32. The van der Waals surface area contributed by atoms with E-state index in [0.717, 1.165) is 16.8 Å². The molecule has 0 saturated heterocycles. The number of nitrogens with one attached hydrogen (secondary N) is 1. The van der Waals surface area contributed by atoms with Gasteiger partial charge in [0.15, 0.2) is 10.8 Å². The summed E-state index contributed by atoms with van der Waals surface area (Å²) in [5.41, 5.74) is 4.75. The van der Waals surface area contributed by atoms with Crippen molar-refractivity contribution in [1.29, 1.82) is 0 Å². The van der Waals surface area contributed by atoms with Gasteiger partial charge in [0.05, 0.1) is 11.4 Å². The number of hydrogen-bond donors (Lipinski definition) is 1. The number of carbonyl (C=O) groups is 1. The Balaban J connectivity index is 1.34. The quantitative estimate of drug-likeness (QED) is 0.384. The maximum atomic E-state index is 12.1. The van der Waals surface area contributed by atoms with Crippen LogP contribution in [0.15, 0.2) is 83.5 Å². The molecule has 0 aliphatic carbocycles. The number of nitrogens with zero attached hydrogens (tertiary/aromatic N) is 5. The van der Waals surface area contributed by atoms with E-state index in [1.165, 1.54) is 28.7 Å². The predicted octanol–water partition coefficient (Wildman–Crippen LogP) is 4.65. The van der Waals surface area contributed by atoms with E-state index in [1.807, 2.05) is 35.7 Å². The number of benzene rings is 2. The number of anilines is 1. The van der Waals surface area contributed by atoms with Crippen LogP contribution in [0.4, 0.5) is 5.13 Å². The minimum Gasteiger partial charge on any atom is -0.301 e. The van der Waals surface area contributed by atoms with E-state index in [9.17, 15) is 4.79 Å². The fourth-order valence-electron chi connectivity index (χ4n) is 3.05. The largest absolute Gasteiger partial charge is 0.301 e. The predicted molar refractivity (Wildman–Crippen MR) is 123 cm³/mol. The standard InChI is InChI=1S/C22H16N6OS2/c29-20(24-21-23-12-13-30-21)14-31-22-26-25-19-11-10-18(27-28(19)22)17-8-6-16(7-9-17)15-4-2-1-3-5-15/h1-13H,14H2,(H,23,24,29). The highest BCUT2D eigenvalue weighted by Gasteiger charge is 2.12. The van der Waals surface area contributed by atoms with E-state index >= 15 is 0 Å². The van der Waals surface area contributed by atoms with Gasteiger partial charge in [0.25, 0.3) is 0 Å². The van der Waals surface area contributed by atoms with Crippen molar-refractivity contribution >= 4 is 39.8 Å². The van der Waals surface area contributed by atoms with Gasteiger partial charge in [-0.25, -0.2) is 4.98 Å². The smallest absolute Gasteiger partial charge is 0.236 e. The van der Waals surface area contributed by atoms with Crippen LogP contribution in [0.1, 0.15) is 0 Å². The number of thioether (sulfide) groups is 1. The molecule has 0 atom stereocenters. The number of thiazole rings is 1. The number of carbonyl (C=O) groups excluding carboxylic acids is 1. The summed E-state index contributed by atoms with van der Waals surface area (Å²) in [6.07, 6.45) is 1.65. The van der Waals surface area contributed by atoms with Gasteiger partial charge in [0, 0.05) is 17.1 Å². The molecule has 5 rings (SSSR count). The SMILES string of the molecule is O=C(CSc1nnc2ccc(-c3ccc(-c4ccccc4)cc3)nn12)Nc1nccs1. The second kappa shape index (κ2) is 8.66. The fraction of sp³-hybridized carbons (Fsp3) is 0.0455. The van der Waals surface area contributed by atoms with Crippen LogP contribution in [0.5, 0.6) is 0 Å². The molecule has 0 aliphatic heterocycles. The van der Waals surface area contributed by atoms with Gasteiger partial charge in [0.1, 0.15) is 0 Å². The molecule has 1 N–H and O–H groups in total. The number of amides is 1. The summed E-state index contributed by atoms with van der Waals surface area (Å²) in [4.78, 5) is 16.2. The first kappa shape index (κ1) is 19.4. The van der Waals surface area contributed by atoms with Gasteiger partial charge < -0.3 is 5.32 Å². The molecule has 0 fully saturated rings. The lowest BCUT2D eigenvalue weighted by atomic mass is 10.0. The van der Waals surface area contributed by atoms with E-state index in [4.69, 9.17) is 5.10 Å². The molecule has 0 spiro atoms. The maximum Gasteiger partial charge on any atom is 0.236 e. The Morgan fingerprint density at radius 1 is 0.935 bits per heavy atom. The van der Waals surface area contributed by atoms with E-state index in [2.05, 4.69) is 56.9 Å². The first-order valence-corrected chi connectivity index (χ1v) is 11.3. The normalized spacial score (nSPS) is 11.0. The molecular formula is C22H16N6OS2. The Labute approximate surface area is 186 Å². The Morgan fingerprint density at radius 3 is 2.48 bits per heavy atom. The molecule has 3 heterocycles. The van der Waals surface area contributed by atoms with Crippen molar-refractivity contribution in [3.05, 3.63) is 78.3 Å². The number of fused-ring (bicyclic) bond motifs is 1. The topological polar surface area (TPSA) is 85.1 Å². The second-order valence-corrected chi connectivity index (χ2v) is 8.43. The maximum absolute atomic E-state index is 12.1. The highest BCUT2D eigenvalue weighted by atomic mass is 32.2. The summed E-state index contributed by atoms with van der Waals surface area (Å²) in [5, 5.41) is 18.7. The molecule has 5 aromatic rings. The van der Waals surface area contributed by atoms with Crippen molar-refractivity contribution in [3.63, 3.8) is 0 Å². The van der Waals surface area contributed by atoms with Gasteiger partial charge >= 0.3 is 0 Å². The zero-order valence-electron chi connectivity index (χ0n) is 16.2. The molecule has 7 nitrogen and oxygen atoms in total. The zero-order chi connectivity index (χ0) is 21.0. The van der Waals surface area contributed by atoms with Crippen molar-refractivity contribution in [2.75, 3.05) is 11.1 Å². The Kier molecular flexibility index (Phi) is 5.42. The Bertz CT molecular complexity index is 1320. The van der Waals surface area contributed by atoms with E-state index in [0.29, 0.717) is 15.9 Å². The third-order valence-corrected chi connectivity index (χ3v) is 6.14. The molecule has 2 aromatic carbocycles. The minimum atomic E-state index is -0.149. The zero-order valence-corrected chi connectivity index (χ0v) is 17.8. The second-order valence-electron chi connectivity index (χ2n) is 6.59. The van der Waals surface area contributed by atoms with Crippen LogP contribution in [0.25, 0.3) is 28.0 Å². The van der Waals surface area contributed by atoms with Crippen LogP contribution in [0.3, 0.4) is 0 Å². The summed E-state index contributed by atoms with van der Waals surface area (Å²) >= 11 is 2.66. The van der Waals surface area contributed by atoms with Crippen LogP contribution in [-0.2, 0) is 4.79 Å². The molecule has 31 heavy (non-hydrogen) atoms. The molecule has 0 saturated carbocycles. The lowest BCUT2D eigenvalue weighted by Gasteiger charge is -2.05. The van der Waals surface area contributed by atoms with Crippen LogP contribution in [0, 0.1) is 0 Å². The van der Waals surface area contributed by atoms with Gasteiger partial charge in [0.2, 0.25) is 11.1 Å². The molecule has 1 amide bonds. The summed E-state index contributed by atoms with van der Waals surface area (Å²) in [6.45, 7) is 0. The van der Waals surface area contributed by atoms with Gasteiger partial charge in [-0.2, -0.15) is 9.61 Å². The summed E-state index contributed by atoms with van der Waals surface area (Å²) in [7, 11) is 0. The third-order valence-electron chi connectivity index (χ3n) is 4.53. The summed E-state index contributed by atoms with van der Waals surface area (Å²) in [6, 6.07) is 22.3.